The summed E-state index contributed by atoms with van der Waals surface area (Å²) in [5.41, 5.74) is 4.72. The number of halogens is 3. The molecule has 0 spiro atoms. The van der Waals surface area contributed by atoms with E-state index in [2.05, 4.69) is 49.9 Å². The van der Waals surface area contributed by atoms with Gasteiger partial charge < -0.3 is 14.7 Å². The third-order valence-electron chi connectivity index (χ3n) is 10.5. The van der Waals surface area contributed by atoms with E-state index in [1.54, 1.807) is 13.0 Å². The smallest absolute Gasteiger partial charge is 0.367 e. The van der Waals surface area contributed by atoms with E-state index in [9.17, 15) is 23.2 Å². The van der Waals surface area contributed by atoms with E-state index in [0.29, 0.717) is 40.4 Å². The fourth-order valence-corrected chi connectivity index (χ4v) is 9.72. The second-order valence-corrected chi connectivity index (χ2v) is 15.3. The molecule has 4 aromatic rings. The number of nitrogens with one attached hydrogen (secondary N) is 1. The van der Waals surface area contributed by atoms with Crippen molar-refractivity contribution in [3.63, 3.8) is 0 Å². The number of fused-ring (bicyclic) bond motifs is 2. The molecular formula is C35H39F3N6OS. The molecule has 8 rings (SSSR count). The number of likely N-dealkylation sites (tertiary alicyclic amines) is 1. The first-order valence-electron chi connectivity index (χ1n) is 16.2. The first kappa shape index (κ1) is 31.1. The summed E-state index contributed by atoms with van der Waals surface area (Å²) < 4.78 is 41.4. The lowest BCUT2D eigenvalue weighted by Crippen LogP contribution is -2.63. The number of nitrogens with zero attached hydrogens (tertiary/aromatic N) is 5. The maximum atomic E-state index is 13.1. The second kappa shape index (κ2) is 11.3. The van der Waals surface area contributed by atoms with Crippen LogP contribution in [0.15, 0.2) is 24.3 Å². The number of nitriles is 1. The molecule has 0 radical (unpaired) electrons. The van der Waals surface area contributed by atoms with Crippen molar-refractivity contribution in [1.29, 1.82) is 5.26 Å². The summed E-state index contributed by atoms with van der Waals surface area (Å²) in [4.78, 5) is 24.2. The topological polar surface area (TPSA) is 86.8 Å². The van der Waals surface area contributed by atoms with Crippen molar-refractivity contribution in [2.45, 2.75) is 97.4 Å². The Balaban J connectivity index is 1.01. The molecule has 1 aliphatic heterocycles. The van der Waals surface area contributed by atoms with Crippen LogP contribution >= 0.6 is 11.3 Å². The molecule has 2 bridgehead atoms. The van der Waals surface area contributed by atoms with Gasteiger partial charge in [-0.1, -0.05) is 13.0 Å². The van der Waals surface area contributed by atoms with Gasteiger partial charge in [0.15, 0.2) is 0 Å². The molecule has 7 nitrogen and oxygen atoms in total. The molecule has 4 heterocycles. The van der Waals surface area contributed by atoms with Gasteiger partial charge in [-0.05, 0) is 86.1 Å². The molecular weight excluding hydrogens is 609 g/mol. The van der Waals surface area contributed by atoms with Crippen LogP contribution < -0.4 is 5.32 Å². The van der Waals surface area contributed by atoms with Gasteiger partial charge in [-0.25, -0.2) is 9.97 Å². The van der Waals surface area contributed by atoms with E-state index < -0.39 is 12.6 Å². The first-order valence-corrected chi connectivity index (χ1v) is 17.0. The van der Waals surface area contributed by atoms with Gasteiger partial charge in [-0.15, -0.1) is 11.3 Å². The molecule has 3 saturated carbocycles. The summed E-state index contributed by atoms with van der Waals surface area (Å²) in [6.45, 7) is 9.23. The molecule has 3 aromatic heterocycles. The quantitative estimate of drug-likeness (QED) is 0.190. The third-order valence-corrected chi connectivity index (χ3v) is 11.5. The van der Waals surface area contributed by atoms with Crippen LogP contribution in [0.4, 0.5) is 19.0 Å². The number of Topliss-reactive ketones (excluding diaryl/α,β-unsaturated/α-hetero) is 1. The number of carbonyl (C=O) groups is 1. The Labute approximate surface area is 270 Å². The zero-order valence-electron chi connectivity index (χ0n) is 26.6. The van der Waals surface area contributed by atoms with Crippen molar-refractivity contribution in [2.24, 2.45) is 10.8 Å². The number of aromatic nitrogens is 3. The predicted molar refractivity (Wildman–Crippen MR) is 174 cm³/mol. The Morgan fingerprint density at radius 1 is 1.13 bits per heavy atom. The summed E-state index contributed by atoms with van der Waals surface area (Å²) in [6, 6.07) is 10.6. The van der Waals surface area contributed by atoms with Crippen LogP contribution in [-0.4, -0.2) is 50.5 Å². The molecule has 1 N–H and O–H groups in total. The molecule has 0 amide bonds. The van der Waals surface area contributed by atoms with Crippen LogP contribution in [0.1, 0.15) is 79.9 Å². The molecule has 242 valence electrons. The number of piperidine rings is 1. The van der Waals surface area contributed by atoms with Crippen molar-refractivity contribution in [3.8, 4) is 6.07 Å². The Hall–Kier alpha value is -3.49. The van der Waals surface area contributed by atoms with Gasteiger partial charge in [0.1, 0.15) is 34.0 Å². The fraction of sp³-hybridized carbons (Fsp3) is 0.543. The normalized spacial score (nSPS) is 23.3. The molecule has 1 saturated heterocycles. The van der Waals surface area contributed by atoms with Crippen molar-refractivity contribution in [3.05, 3.63) is 51.8 Å². The zero-order chi connectivity index (χ0) is 32.4. The van der Waals surface area contributed by atoms with Gasteiger partial charge in [0.2, 0.25) is 0 Å². The average Bonchev–Trinajstić information content (AvgIpc) is 3.53. The highest BCUT2D eigenvalue weighted by atomic mass is 32.1. The molecule has 1 aromatic carbocycles. The van der Waals surface area contributed by atoms with Crippen LogP contribution in [0.2, 0.25) is 0 Å². The fourth-order valence-electron chi connectivity index (χ4n) is 8.64. The SMILES string of the molecule is CCc1nc(NC2CCN(Cc3ccc4c(cc(C#N)n4CC45CC(CC(C)=O)(C4)C5)c3C)CC2)c2cc(CC(F)(F)F)sc2n1. The molecule has 46 heavy (non-hydrogen) atoms. The molecule has 3 aliphatic carbocycles. The Bertz CT molecular complexity index is 1860. The average molecular weight is 649 g/mol. The maximum absolute atomic E-state index is 13.1. The van der Waals surface area contributed by atoms with Gasteiger partial charge in [0, 0.05) is 60.8 Å². The molecule has 4 fully saturated rings. The number of ketones is 1. The van der Waals surface area contributed by atoms with Gasteiger partial charge in [-0.2, -0.15) is 18.4 Å². The summed E-state index contributed by atoms with van der Waals surface area (Å²) in [5.74, 6) is 1.55. The number of alkyl halides is 3. The zero-order valence-corrected chi connectivity index (χ0v) is 27.4. The summed E-state index contributed by atoms with van der Waals surface area (Å²) in [6.07, 6.45) is 1.14. The number of hydrogen-bond acceptors (Lipinski definition) is 7. The third kappa shape index (κ3) is 5.79. The lowest BCUT2D eigenvalue weighted by Gasteiger charge is -2.71. The Morgan fingerprint density at radius 3 is 2.52 bits per heavy atom. The highest BCUT2D eigenvalue weighted by Crippen LogP contribution is 2.75. The van der Waals surface area contributed by atoms with Crippen molar-refractivity contribution in [1.82, 2.24) is 19.4 Å². The standard InChI is InChI=1S/C35H39F3N6OS/c1-4-30-41-31(28-12-26(14-35(36,37)38)46-32(28)42-30)40-24-7-9-43(10-8-24)16-23-5-6-29-27(22(23)3)11-25(15-39)44(29)20-34-17-33(18-34,19-34)13-21(2)45/h5-6,11-12,24H,4,7-10,13-14,16-20H2,1-3H3,(H,40,41,42). The second-order valence-electron chi connectivity index (χ2n) is 14.2. The van der Waals surface area contributed by atoms with Gasteiger partial charge in [0.25, 0.3) is 0 Å². The summed E-state index contributed by atoms with van der Waals surface area (Å²) in [7, 11) is 0. The van der Waals surface area contributed by atoms with Crippen LogP contribution in [0.3, 0.4) is 0 Å². The van der Waals surface area contributed by atoms with E-state index in [-0.39, 0.29) is 27.5 Å². The number of anilines is 1. The number of hydrogen-bond donors (Lipinski definition) is 1. The highest BCUT2D eigenvalue weighted by Gasteiger charge is 2.67. The van der Waals surface area contributed by atoms with E-state index in [4.69, 9.17) is 0 Å². The van der Waals surface area contributed by atoms with Crippen molar-refractivity contribution < 1.29 is 18.0 Å². The van der Waals surface area contributed by atoms with Crippen molar-refractivity contribution in [2.75, 3.05) is 18.4 Å². The summed E-state index contributed by atoms with van der Waals surface area (Å²) in [5, 5.41) is 15.3. The number of benzene rings is 1. The number of carbonyl (C=O) groups excluding carboxylic acids is 1. The highest BCUT2D eigenvalue weighted by molar-refractivity contribution is 7.18. The van der Waals surface area contributed by atoms with Gasteiger partial charge in [0.05, 0.1) is 11.8 Å². The monoisotopic (exact) mass is 648 g/mol. The van der Waals surface area contributed by atoms with Crippen LogP contribution in [0.5, 0.6) is 0 Å². The van der Waals surface area contributed by atoms with Gasteiger partial charge in [-0.3, -0.25) is 4.90 Å². The minimum Gasteiger partial charge on any atom is -0.367 e. The molecule has 0 unspecified atom stereocenters. The van der Waals surface area contributed by atoms with Crippen LogP contribution in [-0.2, 0) is 30.7 Å². The minimum absolute atomic E-state index is 0.174. The Kier molecular flexibility index (Phi) is 7.67. The Morgan fingerprint density at radius 2 is 1.87 bits per heavy atom. The lowest BCUT2D eigenvalue weighted by molar-refractivity contribution is -0.213. The molecule has 4 aliphatic rings. The first-order chi connectivity index (χ1) is 21.9. The van der Waals surface area contributed by atoms with Gasteiger partial charge >= 0.3 is 6.18 Å². The molecule has 0 atom stereocenters. The van der Waals surface area contributed by atoms with E-state index in [1.807, 2.05) is 13.0 Å². The number of rotatable bonds is 10. The largest absolute Gasteiger partial charge is 0.393 e. The van der Waals surface area contributed by atoms with E-state index in [0.717, 1.165) is 80.5 Å². The number of thiophene rings is 1. The summed E-state index contributed by atoms with van der Waals surface area (Å²) >= 11 is 1.10. The van der Waals surface area contributed by atoms with E-state index >= 15 is 0 Å². The minimum atomic E-state index is -4.26. The predicted octanol–water partition coefficient (Wildman–Crippen LogP) is 7.72. The van der Waals surface area contributed by atoms with Crippen LogP contribution in [0, 0.1) is 29.1 Å². The molecule has 11 heteroatoms. The lowest BCUT2D eigenvalue weighted by atomic mass is 9.34. The van der Waals surface area contributed by atoms with Crippen molar-refractivity contribution >= 4 is 44.1 Å². The van der Waals surface area contributed by atoms with Crippen LogP contribution in [0.25, 0.3) is 21.1 Å². The van der Waals surface area contributed by atoms with E-state index in [1.165, 1.54) is 11.1 Å². The number of aryl methyl sites for hydroxylation is 2. The maximum Gasteiger partial charge on any atom is 0.393 e.